The first kappa shape index (κ1) is 21.6. The lowest BCUT2D eigenvalue weighted by Crippen LogP contribution is -2.41. The average Bonchev–Trinajstić information content (AvgIpc) is 3.15. The molecule has 0 fully saturated rings. The minimum atomic E-state index is -0.768. The number of nitrogens with one attached hydrogen (secondary N) is 2. The van der Waals surface area contributed by atoms with Gasteiger partial charge in [0.25, 0.3) is 0 Å². The maximum Gasteiger partial charge on any atom is 0.316 e. The highest BCUT2D eigenvalue weighted by Crippen LogP contribution is 2.31. The van der Waals surface area contributed by atoms with Crippen LogP contribution in [0.3, 0.4) is 0 Å². The van der Waals surface area contributed by atoms with E-state index < -0.39 is 6.04 Å². The van der Waals surface area contributed by atoms with Gasteiger partial charge >= 0.3 is 5.97 Å². The van der Waals surface area contributed by atoms with E-state index in [1.165, 1.54) is 42.3 Å². The standard InChI is InChI=1S/C20H19N3O5S2/c1-28-18(26)10-29-20-23-15-7-4-13(9-17(15)30-20)22-19(27)16(21-11-24)8-12-2-5-14(25)6-3-12/h2-7,9,11,16,25H,8,10H2,1H3,(H,21,24)(H,22,27). The summed E-state index contributed by atoms with van der Waals surface area (Å²) in [6.07, 6.45) is 0.768. The number of aromatic nitrogens is 1. The lowest BCUT2D eigenvalue weighted by Gasteiger charge is -2.16. The van der Waals surface area contributed by atoms with Crippen molar-refractivity contribution in [3.8, 4) is 5.75 Å². The summed E-state index contributed by atoms with van der Waals surface area (Å²) in [7, 11) is 1.34. The van der Waals surface area contributed by atoms with Crippen molar-refractivity contribution in [2.24, 2.45) is 0 Å². The van der Waals surface area contributed by atoms with Crippen LogP contribution in [0.15, 0.2) is 46.8 Å². The van der Waals surface area contributed by atoms with Gasteiger partial charge in [-0.2, -0.15) is 0 Å². The van der Waals surface area contributed by atoms with E-state index >= 15 is 0 Å². The zero-order valence-corrected chi connectivity index (χ0v) is 17.6. The van der Waals surface area contributed by atoms with Gasteiger partial charge in [0, 0.05) is 12.1 Å². The van der Waals surface area contributed by atoms with Gasteiger partial charge in [-0.15, -0.1) is 11.3 Å². The molecule has 0 bridgehead atoms. The highest BCUT2D eigenvalue weighted by Gasteiger charge is 2.19. The third kappa shape index (κ3) is 5.71. The Morgan fingerprint density at radius 2 is 2.03 bits per heavy atom. The molecule has 0 aliphatic rings. The SMILES string of the molecule is COC(=O)CSc1nc2ccc(NC(=O)C(Cc3ccc(O)cc3)NC=O)cc2s1. The molecule has 1 atom stereocenters. The van der Waals surface area contributed by atoms with E-state index in [4.69, 9.17) is 0 Å². The van der Waals surface area contributed by atoms with Crippen molar-refractivity contribution in [1.29, 1.82) is 0 Å². The average molecular weight is 446 g/mol. The summed E-state index contributed by atoms with van der Waals surface area (Å²) in [5.41, 5.74) is 2.13. The third-order valence-electron chi connectivity index (χ3n) is 4.14. The molecule has 3 rings (SSSR count). The van der Waals surface area contributed by atoms with Gasteiger partial charge in [0.05, 0.1) is 23.1 Å². The molecule has 8 nitrogen and oxygen atoms in total. The number of phenolic OH excluding ortho intramolecular Hbond substituents is 1. The van der Waals surface area contributed by atoms with Gasteiger partial charge in [0.1, 0.15) is 11.8 Å². The number of esters is 1. The second-order valence-electron chi connectivity index (χ2n) is 6.22. The van der Waals surface area contributed by atoms with Crippen LogP contribution in [0.4, 0.5) is 5.69 Å². The van der Waals surface area contributed by atoms with E-state index in [0.29, 0.717) is 12.1 Å². The first-order valence-corrected chi connectivity index (χ1v) is 10.7. The molecule has 1 heterocycles. The molecule has 0 saturated carbocycles. The number of fused-ring (bicyclic) bond motifs is 1. The lowest BCUT2D eigenvalue weighted by molar-refractivity contribution is -0.137. The predicted molar refractivity (Wildman–Crippen MR) is 116 cm³/mol. The number of nitrogens with zero attached hydrogens (tertiary/aromatic N) is 1. The minimum absolute atomic E-state index is 0.130. The summed E-state index contributed by atoms with van der Waals surface area (Å²) in [5, 5.41) is 14.7. The number of aromatic hydroxyl groups is 1. The van der Waals surface area contributed by atoms with Gasteiger partial charge < -0.3 is 20.5 Å². The lowest BCUT2D eigenvalue weighted by atomic mass is 10.1. The van der Waals surface area contributed by atoms with Crippen LogP contribution in [0.2, 0.25) is 0 Å². The van der Waals surface area contributed by atoms with Crippen LogP contribution >= 0.6 is 23.1 Å². The maximum absolute atomic E-state index is 12.7. The third-order valence-corrected chi connectivity index (χ3v) is 6.27. The van der Waals surface area contributed by atoms with Crippen LogP contribution in [0.25, 0.3) is 10.2 Å². The monoisotopic (exact) mass is 445 g/mol. The molecule has 3 N–H and O–H groups in total. The first-order chi connectivity index (χ1) is 14.5. The summed E-state index contributed by atoms with van der Waals surface area (Å²) < 4.78 is 6.21. The van der Waals surface area contributed by atoms with Gasteiger partial charge in [0.15, 0.2) is 4.34 Å². The van der Waals surface area contributed by atoms with E-state index in [0.717, 1.165) is 20.1 Å². The van der Waals surface area contributed by atoms with E-state index in [1.807, 2.05) is 0 Å². The molecule has 3 aromatic rings. The fourth-order valence-corrected chi connectivity index (χ4v) is 4.57. The number of phenols is 1. The Balaban J connectivity index is 1.69. The van der Waals surface area contributed by atoms with Gasteiger partial charge in [-0.05, 0) is 35.9 Å². The fraction of sp³-hybridized carbons (Fsp3) is 0.200. The summed E-state index contributed by atoms with van der Waals surface area (Å²) in [4.78, 5) is 39.4. The number of carbonyl (C=O) groups excluding carboxylic acids is 3. The molecule has 10 heteroatoms. The topological polar surface area (TPSA) is 118 Å². The largest absolute Gasteiger partial charge is 0.508 e. The summed E-state index contributed by atoms with van der Waals surface area (Å²) in [5.74, 6) is -0.380. The van der Waals surface area contributed by atoms with E-state index in [-0.39, 0.29) is 29.8 Å². The summed E-state index contributed by atoms with van der Waals surface area (Å²) in [6, 6.07) is 11.0. The number of ether oxygens (including phenoxy) is 1. The maximum atomic E-state index is 12.7. The number of carbonyl (C=O) groups is 3. The molecule has 0 saturated heterocycles. The fourth-order valence-electron chi connectivity index (χ4n) is 2.63. The van der Waals surface area contributed by atoms with Crippen LogP contribution in [0.1, 0.15) is 5.56 Å². The summed E-state index contributed by atoms with van der Waals surface area (Å²) in [6.45, 7) is 0. The van der Waals surface area contributed by atoms with Crippen molar-refractivity contribution >= 4 is 57.3 Å². The molecule has 2 aromatic carbocycles. The number of anilines is 1. The highest BCUT2D eigenvalue weighted by molar-refractivity contribution is 8.01. The van der Waals surface area contributed by atoms with Crippen molar-refractivity contribution < 1.29 is 24.2 Å². The van der Waals surface area contributed by atoms with E-state index in [1.54, 1.807) is 30.3 Å². The molecular weight excluding hydrogens is 426 g/mol. The van der Waals surface area contributed by atoms with Crippen LogP contribution < -0.4 is 10.6 Å². The van der Waals surface area contributed by atoms with Crippen molar-refractivity contribution in [3.63, 3.8) is 0 Å². The molecular formula is C20H19N3O5S2. The molecule has 1 unspecified atom stereocenters. The highest BCUT2D eigenvalue weighted by atomic mass is 32.2. The Morgan fingerprint density at radius 1 is 1.27 bits per heavy atom. The Morgan fingerprint density at radius 3 is 2.73 bits per heavy atom. The molecule has 1 aromatic heterocycles. The van der Waals surface area contributed by atoms with Gasteiger partial charge in [-0.25, -0.2) is 4.98 Å². The zero-order chi connectivity index (χ0) is 21.5. The molecule has 156 valence electrons. The normalized spacial score (nSPS) is 11.6. The number of benzene rings is 2. The Kier molecular flexibility index (Phi) is 7.26. The van der Waals surface area contributed by atoms with Crippen LogP contribution in [-0.2, 0) is 25.5 Å². The minimum Gasteiger partial charge on any atom is -0.508 e. The molecule has 2 amide bonds. The quantitative estimate of drug-likeness (QED) is 0.263. The smallest absolute Gasteiger partial charge is 0.316 e. The second kappa shape index (κ2) is 10.1. The van der Waals surface area contributed by atoms with Crippen LogP contribution in [0.5, 0.6) is 5.75 Å². The number of methoxy groups -OCH3 is 1. The Bertz CT molecular complexity index is 1050. The van der Waals surface area contributed by atoms with Crippen molar-refractivity contribution in [2.75, 3.05) is 18.2 Å². The van der Waals surface area contributed by atoms with Gasteiger partial charge in [-0.1, -0.05) is 23.9 Å². The number of rotatable bonds is 9. The van der Waals surface area contributed by atoms with E-state index in [9.17, 15) is 19.5 Å². The Hall–Kier alpha value is -3.11. The van der Waals surface area contributed by atoms with Crippen molar-refractivity contribution in [3.05, 3.63) is 48.0 Å². The zero-order valence-electron chi connectivity index (χ0n) is 16.0. The van der Waals surface area contributed by atoms with Crippen LogP contribution in [-0.4, -0.2) is 47.3 Å². The number of hydrogen-bond donors (Lipinski definition) is 3. The molecule has 0 aliphatic carbocycles. The van der Waals surface area contributed by atoms with Crippen LogP contribution in [0, 0.1) is 0 Å². The van der Waals surface area contributed by atoms with Gasteiger partial charge in [0.2, 0.25) is 12.3 Å². The summed E-state index contributed by atoms with van der Waals surface area (Å²) >= 11 is 2.70. The number of thioether (sulfide) groups is 1. The van der Waals surface area contributed by atoms with E-state index in [2.05, 4.69) is 20.4 Å². The van der Waals surface area contributed by atoms with Gasteiger partial charge in [-0.3, -0.25) is 14.4 Å². The molecule has 0 radical (unpaired) electrons. The first-order valence-electron chi connectivity index (χ1n) is 8.87. The van der Waals surface area contributed by atoms with Crippen molar-refractivity contribution in [1.82, 2.24) is 10.3 Å². The Labute approximate surface area is 180 Å². The number of amides is 2. The second-order valence-corrected chi connectivity index (χ2v) is 8.48. The molecule has 0 spiro atoms. The number of hydrogen-bond acceptors (Lipinski definition) is 8. The van der Waals surface area contributed by atoms with Crippen molar-refractivity contribution in [2.45, 2.75) is 16.8 Å². The predicted octanol–water partition coefficient (Wildman–Crippen LogP) is 2.56. The molecule has 30 heavy (non-hydrogen) atoms. The molecule has 0 aliphatic heterocycles. The number of thiazole rings is 1.